The van der Waals surface area contributed by atoms with E-state index in [2.05, 4.69) is 64.1 Å². The van der Waals surface area contributed by atoms with Crippen LogP contribution >= 0.6 is 0 Å². The minimum atomic E-state index is 0.224. The summed E-state index contributed by atoms with van der Waals surface area (Å²) < 4.78 is 11.1. The predicted octanol–water partition coefficient (Wildman–Crippen LogP) is 5.74. The highest BCUT2D eigenvalue weighted by molar-refractivity contribution is 5.51. The molecular formula is C24H30O2. The summed E-state index contributed by atoms with van der Waals surface area (Å²) in [6.45, 7) is 9.72. The van der Waals surface area contributed by atoms with Crippen LogP contribution in [-0.4, -0.2) is 14.2 Å². The number of ether oxygens (including phenoxy) is 2. The molecule has 0 amide bonds. The van der Waals surface area contributed by atoms with Crippen LogP contribution in [-0.2, 0) is 12.8 Å². The molecule has 0 spiro atoms. The highest BCUT2D eigenvalue weighted by Gasteiger charge is 2.51. The lowest BCUT2D eigenvalue weighted by Crippen LogP contribution is -2.31. The van der Waals surface area contributed by atoms with Gasteiger partial charge in [-0.25, -0.2) is 0 Å². The van der Waals surface area contributed by atoms with Gasteiger partial charge in [-0.1, -0.05) is 39.8 Å². The Morgan fingerprint density at radius 3 is 1.42 bits per heavy atom. The zero-order chi connectivity index (χ0) is 18.7. The number of fused-ring (bicyclic) bond motifs is 2. The minimum Gasteiger partial charge on any atom is -0.497 e. The summed E-state index contributed by atoms with van der Waals surface area (Å²) in [7, 11) is 3.52. The van der Waals surface area contributed by atoms with Gasteiger partial charge in [0.05, 0.1) is 14.2 Å². The molecule has 0 N–H and O–H groups in total. The summed E-state index contributed by atoms with van der Waals surface area (Å²) in [5.74, 6) is 2.90. The van der Waals surface area contributed by atoms with Crippen LogP contribution in [0.15, 0.2) is 36.4 Å². The lowest BCUT2D eigenvalue weighted by atomic mass is 9.63. The van der Waals surface area contributed by atoms with Crippen LogP contribution in [0.3, 0.4) is 0 Å². The molecule has 2 nitrogen and oxygen atoms in total. The second-order valence-corrected chi connectivity index (χ2v) is 9.42. The van der Waals surface area contributed by atoms with E-state index in [4.69, 9.17) is 9.47 Å². The number of methoxy groups -OCH3 is 2. The lowest BCUT2D eigenvalue weighted by Gasteiger charge is -2.40. The van der Waals surface area contributed by atoms with E-state index in [1.807, 2.05) is 0 Å². The maximum absolute atomic E-state index is 5.56. The third kappa shape index (κ3) is 2.53. The average Bonchev–Trinajstić information content (AvgIpc) is 3.00. The lowest BCUT2D eigenvalue weighted by molar-refractivity contribution is 0.188. The topological polar surface area (TPSA) is 18.5 Å². The SMILES string of the molecule is COc1ccc2c(c1)[C@H]([C@@H]1c3cc(OC)ccc3CC1(C)C)C(C)(C)C2. The van der Waals surface area contributed by atoms with E-state index < -0.39 is 0 Å². The molecule has 0 saturated carbocycles. The Morgan fingerprint density at radius 2 is 1.08 bits per heavy atom. The Bertz CT molecular complexity index is 776. The largest absolute Gasteiger partial charge is 0.497 e. The normalized spacial score (nSPS) is 24.8. The molecule has 2 aliphatic carbocycles. The second kappa shape index (κ2) is 5.77. The summed E-state index contributed by atoms with van der Waals surface area (Å²) in [6.07, 6.45) is 2.26. The van der Waals surface area contributed by atoms with E-state index in [-0.39, 0.29) is 10.8 Å². The summed E-state index contributed by atoms with van der Waals surface area (Å²) >= 11 is 0. The van der Waals surface area contributed by atoms with E-state index in [9.17, 15) is 0 Å². The summed E-state index contributed by atoms with van der Waals surface area (Å²) in [4.78, 5) is 0. The van der Waals surface area contributed by atoms with Crippen molar-refractivity contribution in [2.45, 2.75) is 52.4 Å². The quantitative estimate of drug-likeness (QED) is 0.703. The fourth-order valence-corrected chi connectivity index (χ4v) is 5.61. The first kappa shape index (κ1) is 17.5. The van der Waals surface area contributed by atoms with E-state index in [0.29, 0.717) is 11.8 Å². The monoisotopic (exact) mass is 350 g/mol. The molecule has 2 aliphatic rings. The van der Waals surface area contributed by atoms with Gasteiger partial charge in [0, 0.05) is 0 Å². The fourth-order valence-electron chi connectivity index (χ4n) is 5.61. The summed E-state index contributed by atoms with van der Waals surface area (Å²) in [6, 6.07) is 13.3. The minimum absolute atomic E-state index is 0.224. The van der Waals surface area contributed by atoms with E-state index >= 15 is 0 Å². The van der Waals surface area contributed by atoms with Gasteiger partial charge in [-0.2, -0.15) is 0 Å². The first-order valence-corrected chi connectivity index (χ1v) is 9.60. The Balaban J connectivity index is 1.89. The van der Waals surface area contributed by atoms with Gasteiger partial charge in [0.2, 0.25) is 0 Å². The van der Waals surface area contributed by atoms with Gasteiger partial charge < -0.3 is 9.47 Å². The molecule has 0 aliphatic heterocycles. The van der Waals surface area contributed by atoms with Crippen LogP contribution in [0.5, 0.6) is 11.5 Å². The molecule has 2 aromatic rings. The Morgan fingerprint density at radius 1 is 0.692 bits per heavy atom. The van der Waals surface area contributed by atoms with Crippen LogP contribution < -0.4 is 9.47 Å². The molecule has 0 saturated heterocycles. The maximum Gasteiger partial charge on any atom is 0.119 e. The molecule has 138 valence electrons. The van der Waals surface area contributed by atoms with Crippen molar-refractivity contribution in [1.29, 1.82) is 0 Å². The van der Waals surface area contributed by atoms with Gasteiger partial charge in [-0.15, -0.1) is 0 Å². The summed E-state index contributed by atoms with van der Waals surface area (Å²) in [5, 5.41) is 0. The molecule has 2 heteroatoms. The first-order chi connectivity index (χ1) is 12.3. The van der Waals surface area contributed by atoms with E-state index in [1.54, 1.807) is 14.2 Å². The standard InChI is InChI=1S/C24H30O2/c1-23(2)13-15-7-9-17(25-5)11-19(15)21(23)22-20-12-18(26-6)10-8-16(20)14-24(22,3)4/h7-12,21-22H,13-14H2,1-6H3/t21-,22+. The van der Waals surface area contributed by atoms with Crippen molar-refractivity contribution in [1.82, 2.24) is 0 Å². The van der Waals surface area contributed by atoms with Crippen molar-refractivity contribution in [3.05, 3.63) is 58.7 Å². The first-order valence-electron chi connectivity index (χ1n) is 9.60. The van der Waals surface area contributed by atoms with Gasteiger partial charge in [-0.05, 0) is 82.0 Å². The molecule has 0 heterocycles. The van der Waals surface area contributed by atoms with Gasteiger partial charge in [0.1, 0.15) is 11.5 Å². The van der Waals surface area contributed by atoms with Crippen molar-refractivity contribution in [2.24, 2.45) is 10.8 Å². The molecule has 0 bridgehead atoms. The highest BCUT2D eigenvalue weighted by atomic mass is 16.5. The van der Waals surface area contributed by atoms with Crippen molar-refractivity contribution in [3.63, 3.8) is 0 Å². The molecule has 0 unspecified atom stereocenters. The molecule has 0 fully saturated rings. The number of hydrogen-bond donors (Lipinski definition) is 0. The Labute approximate surface area is 157 Å². The van der Waals surface area contributed by atoms with Crippen LogP contribution in [0, 0.1) is 10.8 Å². The van der Waals surface area contributed by atoms with Crippen molar-refractivity contribution in [2.75, 3.05) is 14.2 Å². The van der Waals surface area contributed by atoms with Crippen LogP contribution in [0.2, 0.25) is 0 Å². The smallest absolute Gasteiger partial charge is 0.119 e. The number of benzene rings is 2. The molecule has 2 aromatic carbocycles. The second-order valence-electron chi connectivity index (χ2n) is 9.42. The third-order valence-electron chi connectivity index (χ3n) is 6.69. The van der Waals surface area contributed by atoms with Crippen molar-refractivity contribution in [3.8, 4) is 11.5 Å². The van der Waals surface area contributed by atoms with Crippen molar-refractivity contribution >= 4 is 0 Å². The van der Waals surface area contributed by atoms with Crippen molar-refractivity contribution < 1.29 is 9.47 Å². The fraction of sp³-hybridized carbons (Fsp3) is 0.500. The van der Waals surface area contributed by atoms with Gasteiger partial charge >= 0.3 is 0 Å². The van der Waals surface area contributed by atoms with Crippen LogP contribution in [0.25, 0.3) is 0 Å². The molecule has 0 radical (unpaired) electrons. The molecule has 2 atom stereocenters. The Kier molecular flexibility index (Phi) is 3.87. The maximum atomic E-state index is 5.56. The zero-order valence-electron chi connectivity index (χ0n) is 16.8. The van der Waals surface area contributed by atoms with Crippen LogP contribution in [0.4, 0.5) is 0 Å². The molecule has 4 rings (SSSR count). The summed E-state index contributed by atoms with van der Waals surface area (Å²) in [5.41, 5.74) is 6.36. The zero-order valence-corrected chi connectivity index (χ0v) is 16.8. The Hall–Kier alpha value is -1.96. The number of rotatable bonds is 3. The average molecular weight is 351 g/mol. The highest BCUT2D eigenvalue weighted by Crippen LogP contribution is 2.62. The van der Waals surface area contributed by atoms with Crippen LogP contribution in [0.1, 0.15) is 61.8 Å². The van der Waals surface area contributed by atoms with E-state index in [1.165, 1.54) is 22.3 Å². The molecule has 0 aromatic heterocycles. The molecular weight excluding hydrogens is 320 g/mol. The van der Waals surface area contributed by atoms with Gasteiger partial charge in [-0.3, -0.25) is 0 Å². The van der Waals surface area contributed by atoms with E-state index in [0.717, 1.165) is 24.3 Å². The predicted molar refractivity (Wildman–Crippen MR) is 106 cm³/mol. The number of hydrogen-bond acceptors (Lipinski definition) is 2. The van der Waals surface area contributed by atoms with Gasteiger partial charge in [0.15, 0.2) is 0 Å². The molecule has 26 heavy (non-hydrogen) atoms. The third-order valence-corrected chi connectivity index (χ3v) is 6.69. The van der Waals surface area contributed by atoms with Gasteiger partial charge in [0.25, 0.3) is 0 Å².